The monoisotopic (exact) mass is 501 g/mol. The van der Waals surface area contributed by atoms with E-state index in [9.17, 15) is 0 Å². The highest BCUT2D eigenvalue weighted by atomic mass is 35.5. The summed E-state index contributed by atoms with van der Waals surface area (Å²) >= 11 is 12.2. The molecule has 35 heavy (non-hydrogen) atoms. The second-order valence-electron chi connectivity index (χ2n) is 9.05. The molecule has 0 radical (unpaired) electrons. The smallest absolute Gasteiger partial charge is 0.174 e. The first-order valence-corrected chi connectivity index (χ1v) is 12.4. The highest BCUT2D eigenvalue weighted by Gasteiger charge is 2.42. The maximum absolute atomic E-state index is 6.33. The standard InChI is InChI=1S/C28H28ClN5S/c1-18-16-24(19(2)33(18)23-9-7-8-20(29)17-23)27-26(25-10-5-6-15-30-25)31-28(35)34(27)22-13-11-21(12-14-22)32(3)4/h5-17,26-27H,1-4H3,(H,31,35)/t26-,27+/m0/s1. The number of hydrogen-bond acceptors (Lipinski definition) is 3. The lowest BCUT2D eigenvalue weighted by Crippen LogP contribution is -2.29. The molecule has 1 N–H and O–H groups in total. The Morgan fingerprint density at radius 3 is 2.37 bits per heavy atom. The molecule has 178 valence electrons. The van der Waals surface area contributed by atoms with Crippen LogP contribution in [-0.2, 0) is 0 Å². The summed E-state index contributed by atoms with van der Waals surface area (Å²) in [5, 5.41) is 4.97. The van der Waals surface area contributed by atoms with E-state index in [2.05, 4.69) is 81.0 Å². The lowest BCUT2D eigenvalue weighted by molar-refractivity contribution is 0.565. The normalized spacial score (nSPS) is 17.5. The Hall–Kier alpha value is -3.35. The second-order valence-corrected chi connectivity index (χ2v) is 9.87. The van der Waals surface area contributed by atoms with Gasteiger partial charge in [-0.1, -0.05) is 23.7 Å². The molecule has 1 saturated heterocycles. The molecular weight excluding hydrogens is 474 g/mol. The van der Waals surface area contributed by atoms with Gasteiger partial charge in [-0.3, -0.25) is 4.98 Å². The maximum Gasteiger partial charge on any atom is 0.174 e. The van der Waals surface area contributed by atoms with Gasteiger partial charge in [0.15, 0.2) is 5.11 Å². The van der Waals surface area contributed by atoms with E-state index >= 15 is 0 Å². The van der Waals surface area contributed by atoms with E-state index in [4.69, 9.17) is 23.8 Å². The summed E-state index contributed by atoms with van der Waals surface area (Å²) in [6.07, 6.45) is 1.83. The van der Waals surface area contributed by atoms with Crippen LogP contribution in [0.3, 0.4) is 0 Å². The van der Waals surface area contributed by atoms with Crippen molar-refractivity contribution in [3.8, 4) is 5.69 Å². The third-order valence-corrected chi connectivity index (χ3v) is 7.15. The SMILES string of the molecule is Cc1cc([C@@H]2[C@H](c3ccccn3)NC(=S)N2c2ccc(N(C)C)cc2)c(C)n1-c1cccc(Cl)c1. The fourth-order valence-electron chi connectivity index (χ4n) is 4.96. The average molecular weight is 502 g/mol. The van der Waals surface area contributed by atoms with Crippen LogP contribution >= 0.6 is 23.8 Å². The number of aryl methyl sites for hydroxylation is 1. The van der Waals surface area contributed by atoms with Gasteiger partial charge in [-0.2, -0.15) is 0 Å². The van der Waals surface area contributed by atoms with Crippen molar-refractivity contribution in [1.29, 1.82) is 0 Å². The van der Waals surface area contributed by atoms with Crippen molar-refractivity contribution in [3.63, 3.8) is 0 Å². The minimum atomic E-state index is -0.0921. The molecular formula is C28H28ClN5S. The van der Waals surface area contributed by atoms with Gasteiger partial charge in [0.1, 0.15) is 0 Å². The summed E-state index contributed by atoms with van der Waals surface area (Å²) in [7, 11) is 4.09. The molecule has 2 aromatic carbocycles. The second kappa shape index (κ2) is 9.36. The van der Waals surface area contributed by atoms with E-state index in [1.165, 1.54) is 5.56 Å². The topological polar surface area (TPSA) is 36.3 Å². The van der Waals surface area contributed by atoms with Crippen LogP contribution in [0.2, 0.25) is 5.02 Å². The highest BCUT2D eigenvalue weighted by Crippen LogP contribution is 2.44. The summed E-state index contributed by atoms with van der Waals surface area (Å²) in [6.45, 7) is 4.29. The van der Waals surface area contributed by atoms with Gasteiger partial charge in [0, 0.05) is 53.8 Å². The molecule has 0 spiro atoms. The van der Waals surface area contributed by atoms with Crippen molar-refractivity contribution in [3.05, 3.63) is 107 Å². The molecule has 0 bridgehead atoms. The molecule has 5 nitrogen and oxygen atoms in total. The zero-order valence-corrected chi connectivity index (χ0v) is 21.8. The van der Waals surface area contributed by atoms with Crippen molar-refractivity contribution >= 4 is 40.3 Å². The molecule has 3 heterocycles. The molecule has 0 aliphatic carbocycles. The fraction of sp³-hybridized carbons (Fsp3) is 0.214. The third kappa shape index (κ3) is 4.28. The zero-order valence-electron chi connectivity index (χ0n) is 20.2. The molecule has 0 amide bonds. The van der Waals surface area contributed by atoms with Crippen molar-refractivity contribution in [2.24, 2.45) is 0 Å². The first kappa shape index (κ1) is 23.4. The number of anilines is 2. The number of halogens is 1. The summed E-state index contributed by atoms with van der Waals surface area (Å²) in [4.78, 5) is 9.00. The molecule has 1 aliphatic heterocycles. The van der Waals surface area contributed by atoms with Gasteiger partial charge >= 0.3 is 0 Å². The number of nitrogens with one attached hydrogen (secondary N) is 1. The molecule has 2 atom stereocenters. The Labute approximate surface area is 217 Å². The predicted molar refractivity (Wildman–Crippen MR) is 149 cm³/mol. The van der Waals surface area contributed by atoms with E-state index in [1.807, 2.05) is 50.6 Å². The van der Waals surface area contributed by atoms with Gasteiger partial charge in [-0.05, 0) is 92.3 Å². The van der Waals surface area contributed by atoms with Gasteiger partial charge in [0.05, 0.1) is 17.8 Å². The maximum atomic E-state index is 6.33. The van der Waals surface area contributed by atoms with Gasteiger partial charge in [0.25, 0.3) is 0 Å². The lowest BCUT2D eigenvalue weighted by atomic mass is 9.96. The van der Waals surface area contributed by atoms with E-state index in [0.717, 1.165) is 34.1 Å². The first-order valence-electron chi connectivity index (χ1n) is 11.6. The minimum absolute atomic E-state index is 0.0678. The minimum Gasteiger partial charge on any atom is -0.378 e. The Morgan fingerprint density at radius 1 is 0.943 bits per heavy atom. The third-order valence-electron chi connectivity index (χ3n) is 6.60. The van der Waals surface area contributed by atoms with Crippen LogP contribution < -0.4 is 15.1 Å². The van der Waals surface area contributed by atoms with Crippen LogP contribution in [-0.4, -0.2) is 28.8 Å². The van der Waals surface area contributed by atoms with E-state index in [-0.39, 0.29) is 12.1 Å². The molecule has 7 heteroatoms. The number of hydrogen-bond donors (Lipinski definition) is 1. The van der Waals surface area contributed by atoms with Crippen LogP contribution in [0.5, 0.6) is 0 Å². The quantitative estimate of drug-likeness (QED) is 0.321. The summed E-state index contributed by atoms with van der Waals surface area (Å²) in [6, 6.07) is 24.6. The molecule has 0 saturated carbocycles. The Kier molecular flexibility index (Phi) is 6.26. The first-order chi connectivity index (χ1) is 16.8. The molecule has 5 rings (SSSR count). The van der Waals surface area contributed by atoms with Crippen LogP contribution in [0.15, 0.2) is 79.0 Å². The van der Waals surface area contributed by atoms with E-state index < -0.39 is 0 Å². The number of nitrogens with zero attached hydrogens (tertiary/aromatic N) is 4. The summed E-state index contributed by atoms with van der Waals surface area (Å²) < 4.78 is 2.26. The van der Waals surface area contributed by atoms with Gasteiger partial charge < -0.3 is 19.7 Å². The molecule has 1 aliphatic rings. The van der Waals surface area contributed by atoms with Gasteiger partial charge in [0.2, 0.25) is 0 Å². The number of rotatable bonds is 5. The Bertz CT molecular complexity index is 1360. The largest absolute Gasteiger partial charge is 0.378 e. The predicted octanol–water partition coefficient (Wildman–Crippen LogP) is 6.39. The summed E-state index contributed by atoms with van der Waals surface area (Å²) in [5.74, 6) is 0. The molecule has 4 aromatic rings. The van der Waals surface area contributed by atoms with E-state index in [1.54, 1.807) is 0 Å². The zero-order chi connectivity index (χ0) is 24.7. The van der Waals surface area contributed by atoms with Crippen LogP contribution in [0.1, 0.15) is 34.7 Å². The van der Waals surface area contributed by atoms with Gasteiger partial charge in [-0.15, -0.1) is 0 Å². The van der Waals surface area contributed by atoms with Crippen LogP contribution in [0, 0.1) is 13.8 Å². The highest BCUT2D eigenvalue weighted by molar-refractivity contribution is 7.80. The molecule has 2 aromatic heterocycles. The Balaban J connectivity index is 1.66. The number of aromatic nitrogens is 2. The van der Waals surface area contributed by atoms with E-state index in [0.29, 0.717) is 10.1 Å². The molecule has 0 unspecified atom stereocenters. The number of pyridine rings is 1. The van der Waals surface area contributed by atoms with Crippen molar-refractivity contribution in [2.45, 2.75) is 25.9 Å². The number of thiocarbonyl (C=S) groups is 1. The summed E-state index contributed by atoms with van der Waals surface area (Å²) in [5.41, 5.74) is 7.68. The van der Waals surface area contributed by atoms with Crippen molar-refractivity contribution in [2.75, 3.05) is 23.9 Å². The fourth-order valence-corrected chi connectivity index (χ4v) is 5.49. The molecule has 1 fully saturated rings. The average Bonchev–Trinajstić information content (AvgIpc) is 3.34. The van der Waals surface area contributed by atoms with Gasteiger partial charge in [-0.25, -0.2) is 0 Å². The Morgan fingerprint density at radius 2 is 1.71 bits per heavy atom. The lowest BCUT2D eigenvalue weighted by Gasteiger charge is -2.28. The van der Waals surface area contributed by atoms with Crippen LogP contribution in [0.25, 0.3) is 5.69 Å². The van der Waals surface area contributed by atoms with Crippen LogP contribution in [0.4, 0.5) is 11.4 Å². The van der Waals surface area contributed by atoms with Crippen molar-refractivity contribution < 1.29 is 0 Å². The number of benzene rings is 2. The van der Waals surface area contributed by atoms with Crippen molar-refractivity contribution in [1.82, 2.24) is 14.9 Å².